The van der Waals surface area contributed by atoms with Gasteiger partial charge in [0.15, 0.2) is 0 Å². The Kier molecular flexibility index (Phi) is 6.69. The van der Waals surface area contributed by atoms with E-state index in [1.165, 1.54) is 10.4 Å². The number of hydrogen-bond donors (Lipinski definition) is 2. The van der Waals surface area contributed by atoms with Crippen LogP contribution in [-0.2, 0) is 19.6 Å². The normalized spacial score (nSPS) is 21.1. The van der Waals surface area contributed by atoms with Crippen LogP contribution in [0, 0.1) is 0 Å². The Hall–Kier alpha value is -1.68. The molecule has 2 heterocycles. The minimum atomic E-state index is -3.65. The second kappa shape index (κ2) is 9.01. The van der Waals surface area contributed by atoms with Crippen molar-refractivity contribution in [3.05, 3.63) is 18.2 Å². The number of amides is 1. The van der Waals surface area contributed by atoms with Crippen molar-refractivity contribution in [1.29, 1.82) is 0 Å². The number of carbonyl (C=O) groups is 1. The maximum Gasteiger partial charge on any atom is 0.246 e. The van der Waals surface area contributed by atoms with Gasteiger partial charge in [0.05, 0.1) is 19.8 Å². The molecular formula is C18H27N3O5S. The van der Waals surface area contributed by atoms with Crippen LogP contribution in [0.5, 0.6) is 5.75 Å². The molecule has 1 unspecified atom stereocenters. The number of morpholine rings is 1. The van der Waals surface area contributed by atoms with E-state index in [4.69, 9.17) is 9.47 Å². The third-order valence-corrected chi connectivity index (χ3v) is 6.56. The molecule has 0 aromatic heterocycles. The van der Waals surface area contributed by atoms with E-state index in [1.807, 2.05) is 0 Å². The largest absolute Gasteiger partial charge is 0.492 e. The van der Waals surface area contributed by atoms with Gasteiger partial charge in [0.1, 0.15) is 10.6 Å². The lowest BCUT2D eigenvalue weighted by Gasteiger charge is -2.23. The first kappa shape index (κ1) is 20.1. The zero-order valence-electron chi connectivity index (χ0n) is 15.6. The summed E-state index contributed by atoms with van der Waals surface area (Å²) in [7, 11) is -3.65. The van der Waals surface area contributed by atoms with Gasteiger partial charge in [-0.2, -0.15) is 4.31 Å². The molecule has 150 valence electrons. The molecule has 0 radical (unpaired) electrons. The molecule has 1 atom stereocenters. The van der Waals surface area contributed by atoms with Crippen molar-refractivity contribution >= 4 is 21.6 Å². The van der Waals surface area contributed by atoms with Gasteiger partial charge in [0.25, 0.3) is 0 Å². The predicted molar refractivity (Wildman–Crippen MR) is 101 cm³/mol. The standard InChI is InChI=1S/C18H27N3O5S/c1-2-26-16-6-5-14(20-18(22)12-15-13-25-10-7-19-15)11-17(16)27(23,24)21-8-3-4-9-21/h5-6,11,15,19H,2-4,7-10,12-13H2,1H3,(H,20,22). The van der Waals surface area contributed by atoms with Crippen molar-refractivity contribution in [3.8, 4) is 5.75 Å². The van der Waals surface area contributed by atoms with Crippen LogP contribution >= 0.6 is 0 Å². The summed E-state index contributed by atoms with van der Waals surface area (Å²) >= 11 is 0. The molecule has 8 nitrogen and oxygen atoms in total. The number of hydrogen-bond acceptors (Lipinski definition) is 6. The van der Waals surface area contributed by atoms with Gasteiger partial charge in [-0.15, -0.1) is 0 Å². The first-order valence-electron chi connectivity index (χ1n) is 9.38. The van der Waals surface area contributed by atoms with Gasteiger partial charge in [0.2, 0.25) is 15.9 Å². The molecule has 1 aromatic rings. The van der Waals surface area contributed by atoms with E-state index in [1.54, 1.807) is 19.1 Å². The quantitative estimate of drug-likeness (QED) is 0.717. The van der Waals surface area contributed by atoms with Gasteiger partial charge in [-0.25, -0.2) is 8.42 Å². The summed E-state index contributed by atoms with van der Waals surface area (Å²) in [5.41, 5.74) is 0.443. The SMILES string of the molecule is CCOc1ccc(NC(=O)CC2COCCN2)cc1S(=O)(=O)N1CCCC1. The van der Waals surface area contributed by atoms with Gasteiger partial charge >= 0.3 is 0 Å². The smallest absolute Gasteiger partial charge is 0.246 e. The number of carbonyl (C=O) groups excluding carboxylic acids is 1. The van der Waals surface area contributed by atoms with E-state index in [0.717, 1.165) is 19.4 Å². The molecule has 9 heteroatoms. The Morgan fingerprint density at radius 3 is 2.81 bits per heavy atom. The molecule has 2 N–H and O–H groups in total. The van der Waals surface area contributed by atoms with Crippen molar-refractivity contribution < 1.29 is 22.7 Å². The molecule has 27 heavy (non-hydrogen) atoms. The molecule has 2 fully saturated rings. The van der Waals surface area contributed by atoms with Crippen LogP contribution in [0.4, 0.5) is 5.69 Å². The van der Waals surface area contributed by atoms with Crippen molar-refractivity contribution in [2.45, 2.75) is 37.1 Å². The van der Waals surface area contributed by atoms with Gasteiger partial charge in [-0.1, -0.05) is 0 Å². The van der Waals surface area contributed by atoms with Crippen molar-refractivity contribution in [3.63, 3.8) is 0 Å². The maximum atomic E-state index is 13.0. The summed E-state index contributed by atoms with van der Waals surface area (Å²) in [5.74, 6) is 0.122. The fraction of sp³-hybridized carbons (Fsp3) is 0.611. The average molecular weight is 397 g/mol. The molecule has 2 aliphatic heterocycles. The monoisotopic (exact) mass is 397 g/mol. The highest BCUT2D eigenvalue weighted by atomic mass is 32.2. The molecule has 1 amide bonds. The summed E-state index contributed by atoms with van der Waals surface area (Å²) in [4.78, 5) is 12.4. The predicted octanol–water partition coefficient (Wildman–Crippen LogP) is 1.19. The van der Waals surface area contributed by atoms with Crippen LogP contribution in [0.15, 0.2) is 23.1 Å². The van der Waals surface area contributed by atoms with Crippen LogP contribution in [0.1, 0.15) is 26.2 Å². The van der Waals surface area contributed by atoms with Gasteiger partial charge in [0, 0.05) is 37.8 Å². The number of nitrogens with zero attached hydrogens (tertiary/aromatic N) is 1. The third-order valence-electron chi connectivity index (χ3n) is 4.64. The van der Waals surface area contributed by atoms with E-state index in [0.29, 0.717) is 44.3 Å². The molecule has 0 spiro atoms. The van der Waals surface area contributed by atoms with Crippen molar-refractivity contribution in [1.82, 2.24) is 9.62 Å². The summed E-state index contributed by atoms with van der Waals surface area (Å²) in [6, 6.07) is 4.72. The number of ether oxygens (including phenoxy) is 2. The second-order valence-corrected chi connectivity index (χ2v) is 8.59. The summed E-state index contributed by atoms with van der Waals surface area (Å²) < 4.78 is 38.3. The minimum absolute atomic E-state index is 0.0331. The Morgan fingerprint density at radius 1 is 1.37 bits per heavy atom. The number of sulfonamides is 1. The molecule has 2 aliphatic rings. The van der Waals surface area contributed by atoms with Crippen molar-refractivity contribution in [2.24, 2.45) is 0 Å². The first-order chi connectivity index (χ1) is 13.0. The Labute approximate surface area is 160 Å². The minimum Gasteiger partial charge on any atom is -0.492 e. The zero-order chi connectivity index (χ0) is 19.3. The van der Waals surface area contributed by atoms with Crippen LogP contribution in [0.2, 0.25) is 0 Å². The van der Waals surface area contributed by atoms with Gasteiger partial charge in [-0.3, -0.25) is 4.79 Å². The lowest BCUT2D eigenvalue weighted by atomic mass is 10.2. The van der Waals surface area contributed by atoms with Crippen molar-refractivity contribution in [2.75, 3.05) is 44.8 Å². The van der Waals surface area contributed by atoms with Crippen LogP contribution in [-0.4, -0.2) is 64.1 Å². The number of nitrogens with one attached hydrogen (secondary N) is 2. The molecule has 2 saturated heterocycles. The molecule has 3 rings (SSSR count). The Bertz CT molecular complexity index is 756. The average Bonchev–Trinajstić information content (AvgIpc) is 3.19. The number of rotatable bonds is 7. The first-order valence-corrected chi connectivity index (χ1v) is 10.8. The second-order valence-electron chi connectivity index (χ2n) is 6.68. The highest BCUT2D eigenvalue weighted by molar-refractivity contribution is 7.89. The Morgan fingerprint density at radius 2 is 2.15 bits per heavy atom. The summed E-state index contributed by atoms with van der Waals surface area (Å²) in [5, 5.41) is 6.01. The maximum absolute atomic E-state index is 13.0. The topological polar surface area (TPSA) is 97.0 Å². The number of benzene rings is 1. The third kappa shape index (κ3) is 4.98. The zero-order valence-corrected chi connectivity index (χ0v) is 16.4. The lowest BCUT2D eigenvalue weighted by molar-refractivity contribution is -0.117. The van der Waals surface area contributed by atoms with Gasteiger partial charge < -0.3 is 20.1 Å². The van der Waals surface area contributed by atoms with Gasteiger partial charge in [-0.05, 0) is 38.0 Å². The van der Waals surface area contributed by atoms with E-state index >= 15 is 0 Å². The Balaban J connectivity index is 1.77. The fourth-order valence-corrected chi connectivity index (χ4v) is 4.99. The number of anilines is 1. The summed E-state index contributed by atoms with van der Waals surface area (Å²) in [6.07, 6.45) is 1.98. The highest BCUT2D eigenvalue weighted by Crippen LogP contribution is 2.31. The summed E-state index contributed by atoms with van der Waals surface area (Å²) in [6.45, 7) is 5.05. The van der Waals surface area contributed by atoms with Crippen LogP contribution < -0.4 is 15.4 Å². The van der Waals surface area contributed by atoms with E-state index in [2.05, 4.69) is 10.6 Å². The van der Waals surface area contributed by atoms with E-state index in [-0.39, 0.29) is 23.3 Å². The van der Waals surface area contributed by atoms with Crippen LogP contribution in [0.25, 0.3) is 0 Å². The van der Waals surface area contributed by atoms with E-state index < -0.39 is 10.0 Å². The highest BCUT2D eigenvalue weighted by Gasteiger charge is 2.30. The van der Waals surface area contributed by atoms with E-state index in [9.17, 15) is 13.2 Å². The molecule has 0 saturated carbocycles. The molecule has 1 aromatic carbocycles. The fourth-order valence-electron chi connectivity index (χ4n) is 3.32. The molecule has 0 bridgehead atoms. The molecular weight excluding hydrogens is 370 g/mol. The van der Waals surface area contributed by atoms with Crippen LogP contribution in [0.3, 0.4) is 0 Å². The molecule has 0 aliphatic carbocycles. The lowest BCUT2D eigenvalue weighted by Crippen LogP contribution is -2.43.